The van der Waals surface area contributed by atoms with E-state index in [0.717, 1.165) is 26.2 Å². The normalized spacial score (nSPS) is 22.9. The van der Waals surface area contributed by atoms with Crippen LogP contribution in [-0.2, 0) is 4.79 Å². The molecule has 5 nitrogen and oxygen atoms in total. The summed E-state index contributed by atoms with van der Waals surface area (Å²) in [6, 6.07) is 6.78. The number of carbonyl (C=O) groups excluding carboxylic acids is 2. The quantitative estimate of drug-likeness (QED) is 0.802. The Morgan fingerprint density at radius 2 is 1.83 bits per heavy atom. The molecule has 0 saturated carbocycles. The van der Waals surface area contributed by atoms with Gasteiger partial charge in [0.15, 0.2) is 0 Å². The second-order valence-electron chi connectivity index (χ2n) is 6.34. The van der Waals surface area contributed by atoms with Crippen molar-refractivity contribution in [1.29, 1.82) is 0 Å². The highest BCUT2D eigenvalue weighted by Gasteiger charge is 2.37. The topological polar surface area (TPSA) is 61.4 Å². The van der Waals surface area contributed by atoms with E-state index in [1.165, 1.54) is 0 Å². The number of fused-ring (bicyclic) bond motifs is 1. The van der Waals surface area contributed by atoms with Crippen LogP contribution in [0.1, 0.15) is 23.2 Å². The molecule has 2 saturated heterocycles. The number of likely N-dealkylation sites (tertiary alicyclic amines) is 1. The summed E-state index contributed by atoms with van der Waals surface area (Å²) in [6.07, 6.45) is 1.16. The van der Waals surface area contributed by atoms with Gasteiger partial charge >= 0.3 is 0 Å². The van der Waals surface area contributed by atoms with Gasteiger partial charge in [-0.3, -0.25) is 9.59 Å². The smallest absolute Gasteiger partial charge is 0.251 e. The summed E-state index contributed by atoms with van der Waals surface area (Å²) in [6.45, 7) is 4.34. The molecule has 0 aliphatic carbocycles. The largest absolute Gasteiger partial charge is 0.352 e. The number of halogens is 1. The summed E-state index contributed by atoms with van der Waals surface area (Å²) in [7, 11) is 0. The zero-order valence-corrected chi connectivity index (χ0v) is 13.8. The van der Waals surface area contributed by atoms with Crippen LogP contribution in [0.15, 0.2) is 24.3 Å². The van der Waals surface area contributed by atoms with E-state index in [-0.39, 0.29) is 11.8 Å². The van der Waals surface area contributed by atoms with Gasteiger partial charge in [-0.05, 0) is 42.5 Å². The number of nitrogens with zero attached hydrogens (tertiary/aromatic N) is 1. The molecule has 0 spiro atoms. The third-order valence-corrected chi connectivity index (χ3v) is 4.95. The number of rotatable bonds is 5. The number of amides is 2. The number of carbonyl (C=O) groups is 2. The third kappa shape index (κ3) is 4.03. The summed E-state index contributed by atoms with van der Waals surface area (Å²) < 4.78 is 0. The highest BCUT2D eigenvalue weighted by molar-refractivity contribution is 6.30. The van der Waals surface area contributed by atoms with E-state index >= 15 is 0 Å². The van der Waals surface area contributed by atoms with E-state index in [0.29, 0.717) is 41.8 Å². The highest BCUT2D eigenvalue weighted by atomic mass is 35.5. The molecule has 124 valence electrons. The van der Waals surface area contributed by atoms with Crippen molar-refractivity contribution >= 4 is 23.4 Å². The van der Waals surface area contributed by atoms with E-state index in [4.69, 9.17) is 11.6 Å². The molecule has 2 aliphatic rings. The highest BCUT2D eigenvalue weighted by Crippen LogP contribution is 2.26. The summed E-state index contributed by atoms with van der Waals surface area (Å²) >= 11 is 5.80. The lowest BCUT2D eigenvalue weighted by molar-refractivity contribution is -0.130. The standard InChI is InChI=1S/C17H22ClN3O2/c18-15-5-3-12(4-6-15)17(23)20-7-1-2-16(22)21-10-13-8-19-9-14(13)11-21/h3-6,13-14,19H,1-2,7-11H2,(H,20,23)/t13-,14+. The van der Waals surface area contributed by atoms with Gasteiger partial charge in [0.1, 0.15) is 0 Å². The molecular formula is C17H22ClN3O2. The first kappa shape index (κ1) is 16.3. The minimum atomic E-state index is -0.129. The van der Waals surface area contributed by atoms with Crippen molar-refractivity contribution in [2.75, 3.05) is 32.7 Å². The third-order valence-electron chi connectivity index (χ3n) is 4.70. The maximum atomic E-state index is 12.2. The Morgan fingerprint density at radius 3 is 2.48 bits per heavy atom. The summed E-state index contributed by atoms with van der Waals surface area (Å²) in [5.74, 6) is 1.34. The Bertz CT molecular complexity index is 564. The second kappa shape index (κ2) is 7.32. The van der Waals surface area contributed by atoms with Gasteiger partial charge in [0, 0.05) is 49.7 Å². The molecular weight excluding hydrogens is 314 g/mol. The zero-order valence-electron chi connectivity index (χ0n) is 13.1. The Morgan fingerprint density at radius 1 is 1.17 bits per heavy atom. The molecule has 0 aromatic heterocycles. The lowest BCUT2D eigenvalue weighted by Gasteiger charge is -2.17. The van der Waals surface area contributed by atoms with Crippen molar-refractivity contribution in [3.63, 3.8) is 0 Å². The van der Waals surface area contributed by atoms with Crippen LogP contribution < -0.4 is 10.6 Å². The van der Waals surface area contributed by atoms with Crippen molar-refractivity contribution in [2.24, 2.45) is 11.8 Å². The molecule has 0 bridgehead atoms. The fourth-order valence-electron chi connectivity index (χ4n) is 3.36. The van der Waals surface area contributed by atoms with E-state index in [1.807, 2.05) is 4.90 Å². The second-order valence-corrected chi connectivity index (χ2v) is 6.78. The van der Waals surface area contributed by atoms with Crippen LogP contribution in [0.25, 0.3) is 0 Å². The van der Waals surface area contributed by atoms with Crippen LogP contribution in [0, 0.1) is 11.8 Å². The Balaban J connectivity index is 1.36. The minimum absolute atomic E-state index is 0.129. The predicted octanol–water partition coefficient (Wildman–Crippen LogP) is 1.53. The van der Waals surface area contributed by atoms with Crippen molar-refractivity contribution in [3.05, 3.63) is 34.9 Å². The van der Waals surface area contributed by atoms with Gasteiger partial charge in [-0.2, -0.15) is 0 Å². The van der Waals surface area contributed by atoms with Gasteiger partial charge in [-0.25, -0.2) is 0 Å². The number of hydrogen-bond acceptors (Lipinski definition) is 3. The first-order chi connectivity index (χ1) is 11.1. The van der Waals surface area contributed by atoms with Crippen molar-refractivity contribution in [1.82, 2.24) is 15.5 Å². The first-order valence-electron chi connectivity index (χ1n) is 8.16. The van der Waals surface area contributed by atoms with E-state index in [1.54, 1.807) is 24.3 Å². The SMILES string of the molecule is O=C(NCCCC(=O)N1C[C@H]2CNC[C@H]2C1)c1ccc(Cl)cc1. The molecule has 0 unspecified atom stereocenters. The van der Waals surface area contributed by atoms with E-state index < -0.39 is 0 Å². The Hall–Kier alpha value is -1.59. The van der Waals surface area contributed by atoms with Crippen LogP contribution in [0.5, 0.6) is 0 Å². The van der Waals surface area contributed by atoms with Crippen LogP contribution in [0.3, 0.4) is 0 Å². The van der Waals surface area contributed by atoms with Gasteiger partial charge in [-0.15, -0.1) is 0 Å². The van der Waals surface area contributed by atoms with Gasteiger partial charge in [0.05, 0.1) is 0 Å². The summed E-state index contributed by atoms with van der Waals surface area (Å²) in [4.78, 5) is 26.1. The van der Waals surface area contributed by atoms with Gasteiger partial charge in [-0.1, -0.05) is 11.6 Å². The molecule has 1 aromatic rings. The average Bonchev–Trinajstić information content (AvgIpc) is 3.13. The molecule has 2 atom stereocenters. The lowest BCUT2D eigenvalue weighted by Crippen LogP contribution is -2.32. The lowest BCUT2D eigenvalue weighted by atomic mass is 10.0. The first-order valence-corrected chi connectivity index (χ1v) is 8.53. The molecule has 6 heteroatoms. The Labute approximate surface area is 141 Å². The van der Waals surface area contributed by atoms with Gasteiger partial charge in [0.25, 0.3) is 5.91 Å². The molecule has 2 amide bonds. The molecule has 2 heterocycles. The summed E-state index contributed by atoms with van der Waals surface area (Å²) in [5.41, 5.74) is 0.584. The van der Waals surface area contributed by atoms with Crippen molar-refractivity contribution < 1.29 is 9.59 Å². The van der Waals surface area contributed by atoms with E-state index in [9.17, 15) is 9.59 Å². The van der Waals surface area contributed by atoms with Crippen molar-refractivity contribution in [2.45, 2.75) is 12.8 Å². The number of hydrogen-bond donors (Lipinski definition) is 2. The molecule has 2 aliphatic heterocycles. The molecule has 2 N–H and O–H groups in total. The fraction of sp³-hybridized carbons (Fsp3) is 0.529. The Kier molecular flexibility index (Phi) is 5.18. The molecule has 1 aromatic carbocycles. The minimum Gasteiger partial charge on any atom is -0.352 e. The number of nitrogens with one attached hydrogen (secondary N) is 2. The molecule has 2 fully saturated rings. The van der Waals surface area contributed by atoms with Crippen LogP contribution >= 0.6 is 11.6 Å². The average molecular weight is 336 g/mol. The fourth-order valence-corrected chi connectivity index (χ4v) is 3.49. The summed E-state index contributed by atoms with van der Waals surface area (Å²) in [5, 5.41) is 6.82. The van der Waals surface area contributed by atoms with Crippen LogP contribution in [0.2, 0.25) is 5.02 Å². The monoisotopic (exact) mass is 335 g/mol. The predicted molar refractivity (Wildman–Crippen MR) is 89.4 cm³/mol. The van der Waals surface area contributed by atoms with Gasteiger partial charge < -0.3 is 15.5 Å². The van der Waals surface area contributed by atoms with E-state index in [2.05, 4.69) is 10.6 Å². The van der Waals surface area contributed by atoms with Crippen LogP contribution in [0.4, 0.5) is 0 Å². The zero-order chi connectivity index (χ0) is 16.2. The molecule has 0 radical (unpaired) electrons. The maximum absolute atomic E-state index is 12.2. The number of benzene rings is 1. The van der Waals surface area contributed by atoms with Gasteiger partial charge in [0.2, 0.25) is 5.91 Å². The maximum Gasteiger partial charge on any atom is 0.251 e. The van der Waals surface area contributed by atoms with Crippen LogP contribution in [-0.4, -0.2) is 49.4 Å². The molecule has 23 heavy (non-hydrogen) atoms. The molecule has 3 rings (SSSR count). The van der Waals surface area contributed by atoms with Crippen molar-refractivity contribution in [3.8, 4) is 0 Å².